The number of aliphatic hydroxyl groups excluding tert-OH is 2. The molecule has 0 bridgehead atoms. The molecule has 0 heterocycles. The Balaban J connectivity index is 4.01. The minimum absolute atomic E-state index is 0.125. The van der Waals surface area contributed by atoms with Crippen molar-refractivity contribution in [3.05, 3.63) is 0 Å². The Morgan fingerprint density at radius 2 is 1.93 bits per heavy atom. The van der Waals surface area contributed by atoms with Crippen LogP contribution in [0.4, 0.5) is 13.2 Å². The van der Waals surface area contributed by atoms with E-state index >= 15 is 0 Å². The number of halogens is 4. The number of hydrogen-bond acceptors (Lipinski definition) is 3. The van der Waals surface area contributed by atoms with Crippen molar-refractivity contribution >= 4 is 11.6 Å². The van der Waals surface area contributed by atoms with E-state index in [2.05, 4.69) is 0 Å². The van der Waals surface area contributed by atoms with E-state index in [1.165, 1.54) is 0 Å². The maximum atomic E-state index is 11.9. The molecule has 0 aromatic heterocycles. The monoisotopic (exact) mass is 235 g/mol. The molecular weight excluding hydrogens is 223 g/mol. The fourth-order valence-electron chi connectivity index (χ4n) is 0.977. The molecule has 0 aromatic rings. The van der Waals surface area contributed by atoms with Crippen LogP contribution in [0.2, 0.25) is 0 Å². The van der Waals surface area contributed by atoms with E-state index in [1.807, 2.05) is 0 Å². The standard InChI is InChI=1S/C7H13ClF3NO2/c8-3-6(14)4-12(1-2-13)5-7(9,10)11/h6,13-14H,1-5H2. The lowest BCUT2D eigenvalue weighted by Gasteiger charge is -2.24. The number of aliphatic hydroxyl groups is 2. The summed E-state index contributed by atoms with van der Waals surface area (Å²) in [5.74, 6) is -0.125. The molecule has 0 aliphatic carbocycles. The molecule has 0 amide bonds. The Bertz CT molecular complexity index is 156. The Hall–Kier alpha value is -0.0400. The van der Waals surface area contributed by atoms with Crippen molar-refractivity contribution < 1.29 is 23.4 Å². The Morgan fingerprint density at radius 1 is 1.36 bits per heavy atom. The third kappa shape index (κ3) is 7.37. The molecule has 3 nitrogen and oxygen atoms in total. The van der Waals surface area contributed by atoms with Gasteiger partial charge in [-0.15, -0.1) is 11.6 Å². The third-order valence-electron chi connectivity index (χ3n) is 1.47. The van der Waals surface area contributed by atoms with Crippen LogP contribution in [0.15, 0.2) is 0 Å². The van der Waals surface area contributed by atoms with Crippen LogP contribution in [0, 0.1) is 0 Å². The fraction of sp³-hybridized carbons (Fsp3) is 1.00. The maximum absolute atomic E-state index is 11.9. The molecule has 14 heavy (non-hydrogen) atoms. The summed E-state index contributed by atoms with van der Waals surface area (Å²) in [5.41, 5.74) is 0. The minimum Gasteiger partial charge on any atom is -0.395 e. The van der Waals surface area contributed by atoms with Crippen LogP contribution in [-0.4, -0.2) is 59.5 Å². The first kappa shape index (κ1) is 14.0. The van der Waals surface area contributed by atoms with Crippen LogP contribution in [0.1, 0.15) is 0 Å². The normalized spacial score (nSPS) is 14.8. The summed E-state index contributed by atoms with van der Waals surface area (Å²) in [7, 11) is 0. The van der Waals surface area contributed by atoms with Crippen LogP contribution in [-0.2, 0) is 0 Å². The fourth-order valence-corrected chi connectivity index (χ4v) is 1.07. The van der Waals surface area contributed by atoms with Gasteiger partial charge in [0.25, 0.3) is 0 Å². The van der Waals surface area contributed by atoms with E-state index in [0.29, 0.717) is 0 Å². The molecule has 0 aliphatic heterocycles. The Labute approximate surface area is 85.1 Å². The molecule has 0 fully saturated rings. The summed E-state index contributed by atoms with van der Waals surface area (Å²) in [4.78, 5) is 0.910. The van der Waals surface area contributed by atoms with E-state index in [4.69, 9.17) is 21.8 Å². The molecule has 0 aliphatic rings. The SMILES string of the molecule is OCCN(CC(O)CCl)CC(F)(F)F. The van der Waals surface area contributed by atoms with Gasteiger partial charge in [0, 0.05) is 19.0 Å². The van der Waals surface area contributed by atoms with Crippen LogP contribution in [0.25, 0.3) is 0 Å². The van der Waals surface area contributed by atoms with Gasteiger partial charge in [0.1, 0.15) is 0 Å². The molecule has 1 atom stereocenters. The molecule has 0 saturated heterocycles. The highest BCUT2D eigenvalue weighted by Crippen LogP contribution is 2.16. The van der Waals surface area contributed by atoms with Gasteiger partial charge in [0.2, 0.25) is 0 Å². The van der Waals surface area contributed by atoms with Crippen LogP contribution >= 0.6 is 11.6 Å². The zero-order chi connectivity index (χ0) is 11.2. The van der Waals surface area contributed by atoms with Gasteiger partial charge in [-0.2, -0.15) is 13.2 Å². The van der Waals surface area contributed by atoms with Gasteiger partial charge in [-0.3, -0.25) is 4.90 Å². The summed E-state index contributed by atoms with van der Waals surface area (Å²) < 4.78 is 35.8. The van der Waals surface area contributed by atoms with Crippen LogP contribution < -0.4 is 0 Å². The van der Waals surface area contributed by atoms with Gasteiger partial charge in [0.05, 0.1) is 19.3 Å². The van der Waals surface area contributed by atoms with E-state index in [-0.39, 0.29) is 25.6 Å². The molecular formula is C7H13ClF3NO2. The van der Waals surface area contributed by atoms with Crippen molar-refractivity contribution in [2.45, 2.75) is 12.3 Å². The summed E-state index contributed by atoms with van der Waals surface area (Å²) in [5, 5.41) is 17.5. The topological polar surface area (TPSA) is 43.7 Å². The van der Waals surface area contributed by atoms with Crippen molar-refractivity contribution in [2.24, 2.45) is 0 Å². The predicted molar refractivity (Wildman–Crippen MR) is 46.3 cm³/mol. The lowest BCUT2D eigenvalue weighted by Crippen LogP contribution is -2.41. The molecule has 1 unspecified atom stereocenters. The van der Waals surface area contributed by atoms with Crippen molar-refractivity contribution in [1.29, 1.82) is 0 Å². The first-order valence-corrected chi connectivity index (χ1v) is 4.56. The number of nitrogens with zero attached hydrogens (tertiary/aromatic N) is 1. The van der Waals surface area contributed by atoms with E-state index in [9.17, 15) is 13.2 Å². The lowest BCUT2D eigenvalue weighted by molar-refractivity contribution is -0.148. The second-order valence-corrected chi connectivity index (χ2v) is 3.19. The first-order valence-electron chi connectivity index (χ1n) is 4.03. The van der Waals surface area contributed by atoms with E-state index in [0.717, 1.165) is 4.90 Å². The highest BCUT2D eigenvalue weighted by atomic mass is 35.5. The van der Waals surface area contributed by atoms with Gasteiger partial charge >= 0.3 is 6.18 Å². The third-order valence-corrected chi connectivity index (χ3v) is 1.82. The van der Waals surface area contributed by atoms with Gasteiger partial charge in [-0.05, 0) is 0 Å². The first-order chi connectivity index (χ1) is 6.39. The van der Waals surface area contributed by atoms with Gasteiger partial charge in [-0.25, -0.2) is 0 Å². The molecule has 0 aromatic carbocycles. The van der Waals surface area contributed by atoms with Crippen molar-refractivity contribution in [2.75, 3.05) is 32.1 Å². The summed E-state index contributed by atoms with van der Waals surface area (Å²) in [6.07, 6.45) is -5.34. The highest BCUT2D eigenvalue weighted by Gasteiger charge is 2.31. The lowest BCUT2D eigenvalue weighted by atomic mass is 10.3. The van der Waals surface area contributed by atoms with Gasteiger partial charge in [0.15, 0.2) is 0 Å². The smallest absolute Gasteiger partial charge is 0.395 e. The molecule has 0 spiro atoms. The second kappa shape index (κ2) is 6.44. The van der Waals surface area contributed by atoms with Crippen molar-refractivity contribution in [3.8, 4) is 0 Å². The largest absolute Gasteiger partial charge is 0.401 e. The number of rotatable bonds is 6. The zero-order valence-electron chi connectivity index (χ0n) is 7.47. The zero-order valence-corrected chi connectivity index (χ0v) is 8.22. The summed E-state index contributed by atoms with van der Waals surface area (Å²) in [6.45, 7) is -1.86. The molecule has 86 valence electrons. The van der Waals surface area contributed by atoms with Gasteiger partial charge in [-0.1, -0.05) is 0 Å². The average Bonchev–Trinajstić information content (AvgIpc) is 2.01. The van der Waals surface area contributed by atoms with E-state index < -0.39 is 18.8 Å². The summed E-state index contributed by atoms with van der Waals surface area (Å²) in [6, 6.07) is 0. The Morgan fingerprint density at radius 3 is 2.29 bits per heavy atom. The number of alkyl halides is 4. The van der Waals surface area contributed by atoms with Gasteiger partial charge < -0.3 is 10.2 Å². The second-order valence-electron chi connectivity index (χ2n) is 2.88. The molecule has 0 saturated carbocycles. The van der Waals surface area contributed by atoms with Crippen LogP contribution in [0.5, 0.6) is 0 Å². The minimum atomic E-state index is -4.33. The molecule has 7 heteroatoms. The highest BCUT2D eigenvalue weighted by molar-refractivity contribution is 6.18. The molecule has 0 radical (unpaired) electrons. The van der Waals surface area contributed by atoms with Crippen molar-refractivity contribution in [1.82, 2.24) is 4.90 Å². The quantitative estimate of drug-likeness (QED) is 0.657. The summed E-state index contributed by atoms with van der Waals surface area (Å²) >= 11 is 5.25. The Kier molecular flexibility index (Phi) is 6.43. The predicted octanol–water partition coefficient (Wildman–Crippen LogP) is 0.443. The molecule has 2 N–H and O–H groups in total. The van der Waals surface area contributed by atoms with Crippen LogP contribution in [0.3, 0.4) is 0 Å². The van der Waals surface area contributed by atoms with E-state index in [1.54, 1.807) is 0 Å². The number of hydrogen-bond donors (Lipinski definition) is 2. The average molecular weight is 236 g/mol. The molecule has 0 rings (SSSR count). The van der Waals surface area contributed by atoms with Crippen molar-refractivity contribution in [3.63, 3.8) is 0 Å². The maximum Gasteiger partial charge on any atom is 0.401 e.